The van der Waals surface area contributed by atoms with E-state index in [-0.39, 0.29) is 12.0 Å². The minimum atomic E-state index is -0.840. The molecule has 0 fully saturated rings. The van der Waals surface area contributed by atoms with Gasteiger partial charge in [0.25, 0.3) is 5.91 Å². The predicted molar refractivity (Wildman–Crippen MR) is 71.9 cm³/mol. The second kappa shape index (κ2) is 5.87. The third-order valence-corrected chi connectivity index (χ3v) is 2.54. The fourth-order valence-corrected chi connectivity index (χ4v) is 1.26. The maximum Gasteiger partial charge on any atom is 0.256 e. The van der Waals surface area contributed by atoms with Crippen LogP contribution in [0.4, 0.5) is 5.69 Å². The summed E-state index contributed by atoms with van der Waals surface area (Å²) in [5.41, 5.74) is -0.117. The number of rotatable bonds is 5. The van der Waals surface area contributed by atoms with Gasteiger partial charge in [-0.15, -0.1) is 0 Å². The number of anilines is 1. The van der Waals surface area contributed by atoms with Gasteiger partial charge in [0.05, 0.1) is 6.10 Å². The van der Waals surface area contributed by atoms with Crippen molar-refractivity contribution in [2.45, 2.75) is 39.4 Å². The first-order chi connectivity index (χ1) is 8.35. The molecule has 1 rings (SSSR count). The molecule has 0 saturated heterocycles. The number of amides is 1. The molecular formula is C14H21NO3. The fourth-order valence-electron chi connectivity index (χ4n) is 1.26. The Labute approximate surface area is 108 Å². The monoisotopic (exact) mass is 251 g/mol. The molecule has 0 radical (unpaired) electrons. The lowest BCUT2D eigenvalue weighted by Gasteiger charge is -2.21. The Balaban J connectivity index is 2.67. The van der Waals surface area contributed by atoms with Crippen molar-refractivity contribution in [2.75, 3.05) is 12.4 Å². The first-order valence-electron chi connectivity index (χ1n) is 5.98. The summed E-state index contributed by atoms with van der Waals surface area (Å²) in [6.07, 6.45) is 0.137. The van der Waals surface area contributed by atoms with Crippen LogP contribution in [0.25, 0.3) is 0 Å². The van der Waals surface area contributed by atoms with Crippen molar-refractivity contribution in [1.82, 2.24) is 0 Å². The van der Waals surface area contributed by atoms with Gasteiger partial charge in [-0.05, 0) is 52.0 Å². The molecule has 100 valence electrons. The van der Waals surface area contributed by atoms with Gasteiger partial charge in [0.15, 0.2) is 0 Å². The Bertz CT molecular complexity index is 396. The van der Waals surface area contributed by atoms with Gasteiger partial charge in [-0.2, -0.15) is 0 Å². The molecule has 0 heterocycles. The zero-order chi connectivity index (χ0) is 13.8. The molecule has 4 heteroatoms. The Kier molecular flexibility index (Phi) is 4.73. The SMILES string of the molecule is COC(C)(C)C(=O)Nc1ccc(OC(C)C)cc1. The topological polar surface area (TPSA) is 47.6 Å². The van der Waals surface area contributed by atoms with Crippen LogP contribution in [0.3, 0.4) is 0 Å². The number of carbonyl (C=O) groups excluding carboxylic acids is 1. The zero-order valence-corrected chi connectivity index (χ0v) is 11.6. The summed E-state index contributed by atoms with van der Waals surface area (Å²) in [6.45, 7) is 7.38. The van der Waals surface area contributed by atoms with E-state index in [9.17, 15) is 4.79 Å². The van der Waals surface area contributed by atoms with Gasteiger partial charge < -0.3 is 14.8 Å². The summed E-state index contributed by atoms with van der Waals surface area (Å²) in [5, 5.41) is 2.79. The van der Waals surface area contributed by atoms with Gasteiger partial charge in [0.2, 0.25) is 0 Å². The second-order valence-corrected chi connectivity index (χ2v) is 4.86. The molecule has 4 nitrogen and oxygen atoms in total. The number of methoxy groups -OCH3 is 1. The summed E-state index contributed by atoms with van der Waals surface area (Å²) >= 11 is 0. The number of hydrogen-bond acceptors (Lipinski definition) is 3. The molecule has 0 aliphatic carbocycles. The van der Waals surface area contributed by atoms with Crippen molar-refractivity contribution < 1.29 is 14.3 Å². The molecule has 0 saturated carbocycles. The van der Waals surface area contributed by atoms with Crippen molar-refractivity contribution in [2.24, 2.45) is 0 Å². The fraction of sp³-hybridized carbons (Fsp3) is 0.500. The number of hydrogen-bond donors (Lipinski definition) is 1. The third-order valence-electron chi connectivity index (χ3n) is 2.54. The summed E-state index contributed by atoms with van der Waals surface area (Å²) in [4.78, 5) is 11.9. The lowest BCUT2D eigenvalue weighted by molar-refractivity contribution is -0.133. The van der Waals surface area contributed by atoms with E-state index in [1.165, 1.54) is 7.11 Å². The highest BCUT2D eigenvalue weighted by atomic mass is 16.5. The van der Waals surface area contributed by atoms with Crippen LogP contribution in [0.15, 0.2) is 24.3 Å². The molecule has 0 aliphatic heterocycles. The zero-order valence-electron chi connectivity index (χ0n) is 11.6. The van der Waals surface area contributed by atoms with Gasteiger partial charge in [0, 0.05) is 12.8 Å². The Morgan fingerprint density at radius 2 is 1.78 bits per heavy atom. The van der Waals surface area contributed by atoms with Crippen LogP contribution in [-0.4, -0.2) is 24.7 Å². The molecule has 1 aromatic carbocycles. The minimum Gasteiger partial charge on any atom is -0.491 e. The first kappa shape index (κ1) is 14.5. The van der Waals surface area contributed by atoms with E-state index in [1.807, 2.05) is 26.0 Å². The van der Waals surface area contributed by atoms with E-state index in [0.717, 1.165) is 11.4 Å². The van der Waals surface area contributed by atoms with Crippen LogP contribution in [0, 0.1) is 0 Å². The Morgan fingerprint density at radius 3 is 2.22 bits per heavy atom. The maximum atomic E-state index is 11.9. The normalized spacial score (nSPS) is 11.4. The van der Waals surface area contributed by atoms with E-state index < -0.39 is 5.60 Å². The molecule has 0 spiro atoms. The molecular weight excluding hydrogens is 230 g/mol. The highest BCUT2D eigenvalue weighted by Crippen LogP contribution is 2.18. The molecule has 0 unspecified atom stereocenters. The maximum absolute atomic E-state index is 11.9. The number of carbonyl (C=O) groups is 1. The van der Waals surface area contributed by atoms with Crippen LogP contribution in [0.1, 0.15) is 27.7 Å². The largest absolute Gasteiger partial charge is 0.491 e. The van der Waals surface area contributed by atoms with E-state index in [0.29, 0.717) is 0 Å². The van der Waals surface area contributed by atoms with E-state index in [4.69, 9.17) is 9.47 Å². The molecule has 1 N–H and O–H groups in total. The standard InChI is InChI=1S/C14H21NO3/c1-10(2)18-12-8-6-11(7-9-12)15-13(16)14(3,4)17-5/h6-10H,1-5H3,(H,15,16). The molecule has 0 atom stereocenters. The predicted octanol–water partition coefficient (Wildman–Crippen LogP) is 2.84. The minimum absolute atomic E-state index is 0.137. The summed E-state index contributed by atoms with van der Waals surface area (Å²) < 4.78 is 10.6. The van der Waals surface area contributed by atoms with Gasteiger partial charge >= 0.3 is 0 Å². The number of nitrogens with one attached hydrogen (secondary N) is 1. The highest BCUT2D eigenvalue weighted by Gasteiger charge is 2.26. The smallest absolute Gasteiger partial charge is 0.256 e. The van der Waals surface area contributed by atoms with Crippen molar-refractivity contribution in [3.8, 4) is 5.75 Å². The lowest BCUT2D eigenvalue weighted by atomic mass is 10.1. The molecule has 0 bridgehead atoms. The van der Waals surface area contributed by atoms with E-state index in [2.05, 4.69) is 5.32 Å². The summed E-state index contributed by atoms with van der Waals surface area (Å²) in [5.74, 6) is 0.608. The molecule has 1 aromatic rings. The summed E-state index contributed by atoms with van der Waals surface area (Å²) in [7, 11) is 1.51. The van der Waals surface area contributed by atoms with Gasteiger partial charge in [0.1, 0.15) is 11.4 Å². The van der Waals surface area contributed by atoms with Crippen LogP contribution in [0.5, 0.6) is 5.75 Å². The van der Waals surface area contributed by atoms with Gasteiger partial charge in [-0.3, -0.25) is 4.79 Å². The second-order valence-electron chi connectivity index (χ2n) is 4.86. The molecule has 0 aliphatic rings. The Morgan fingerprint density at radius 1 is 1.22 bits per heavy atom. The van der Waals surface area contributed by atoms with Gasteiger partial charge in [-0.25, -0.2) is 0 Å². The third kappa shape index (κ3) is 4.04. The highest BCUT2D eigenvalue weighted by molar-refractivity contribution is 5.96. The quantitative estimate of drug-likeness (QED) is 0.875. The first-order valence-corrected chi connectivity index (χ1v) is 5.98. The van der Waals surface area contributed by atoms with E-state index in [1.54, 1.807) is 26.0 Å². The van der Waals surface area contributed by atoms with E-state index >= 15 is 0 Å². The van der Waals surface area contributed by atoms with Crippen molar-refractivity contribution in [3.05, 3.63) is 24.3 Å². The van der Waals surface area contributed by atoms with Gasteiger partial charge in [-0.1, -0.05) is 0 Å². The average Bonchev–Trinajstić information content (AvgIpc) is 2.31. The van der Waals surface area contributed by atoms with Crippen molar-refractivity contribution in [3.63, 3.8) is 0 Å². The molecule has 18 heavy (non-hydrogen) atoms. The lowest BCUT2D eigenvalue weighted by Crippen LogP contribution is -2.38. The molecule has 1 amide bonds. The number of benzene rings is 1. The van der Waals surface area contributed by atoms with Crippen LogP contribution >= 0.6 is 0 Å². The molecule has 0 aromatic heterocycles. The van der Waals surface area contributed by atoms with Crippen LogP contribution in [-0.2, 0) is 9.53 Å². The van der Waals surface area contributed by atoms with Crippen molar-refractivity contribution >= 4 is 11.6 Å². The summed E-state index contributed by atoms with van der Waals surface area (Å²) in [6, 6.07) is 7.27. The average molecular weight is 251 g/mol. The van der Waals surface area contributed by atoms with Crippen LogP contribution in [0.2, 0.25) is 0 Å². The van der Waals surface area contributed by atoms with Crippen molar-refractivity contribution in [1.29, 1.82) is 0 Å². The number of ether oxygens (including phenoxy) is 2. The Hall–Kier alpha value is -1.55. The van der Waals surface area contributed by atoms with Crippen LogP contribution < -0.4 is 10.1 Å².